The van der Waals surface area contributed by atoms with Gasteiger partial charge in [0.2, 0.25) is 10.4 Å². The summed E-state index contributed by atoms with van der Waals surface area (Å²) in [7, 11) is 0. The molecule has 6 nitrogen and oxygen atoms in total. The summed E-state index contributed by atoms with van der Waals surface area (Å²) in [6.45, 7) is 2.95. The van der Waals surface area contributed by atoms with Crippen LogP contribution in [0.25, 0.3) is 0 Å². The lowest BCUT2D eigenvalue weighted by molar-refractivity contribution is -0.142. The number of esters is 2. The zero-order valence-electron chi connectivity index (χ0n) is 17.0. The zero-order chi connectivity index (χ0) is 23.7. The van der Waals surface area contributed by atoms with Crippen molar-refractivity contribution in [3.8, 4) is 11.5 Å². The molecule has 0 fully saturated rings. The second kappa shape index (κ2) is 12.1. The first-order valence-electron chi connectivity index (χ1n) is 9.27. The minimum atomic E-state index is -1.05. The lowest BCUT2D eigenvalue weighted by atomic mass is 10.1. The highest BCUT2D eigenvalue weighted by Crippen LogP contribution is 2.30. The Bertz CT molecular complexity index is 934. The number of hydrogen-bond acceptors (Lipinski definition) is 6. The maximum absolute atomic E-state index is 13.2. The van der Waals surface area contributed by atoms with Crippen LogP contribution in [0.15, 0.2) is 70.1 Å². The van der Waals surface area contributed by atoms with Gasteiger partial charge in [-0.1, -0.05) is 0 Å². The molecule has 0 aliphatic carbocycles. The van der Waals surface area contributed by atoms with Crippen molar-refractivity contribution >= 4 is 35.1 Å². The molecule has 32 heavy (non-hydrogen) atoms. The van der Waals surface area contributed by atoms with E-state index in [1.54, 1.807) is 0 Å². The highest BCUT2D eigenvalue weighted by molar-refractivity contribution is 6.35. The van der Waals surface area contributed by atoms with Crippen molar-refractivity contribution in [2.75, 3.05) is 13.2 Å². The van der Waals surface area contributed by atoms with E-state index < -0.39 is 45.2 Å². The average molecular weight is 487 g/mol. The Morgan fingerprint density at radius 1 is 0.688 bits per heavy atom. The maximum atomic E-state index is 13.2. The maximum Gasteiger partial charge on any atom is 0.343 e. The molecule has 0 atom stereocenters. The van der Waals surface area contributed by atoms with Gasteiger partial charge in [0, 0.05) is 0 Å². The molecule has 0 saturated heterocycles. The normalized spacial score (nSPS) is 12.3. The van der Waals surface area contributed by atoms with Crippen molar-refractivity contribution in [1.82, 2.24) is 0 Å². The van der Waals surface area contributed by atoms with E-state index in [1.165, 1.54) is 38.1 Å². The van der Waals surface area contributed by atoms with E-state index in [0.717, 1.165) is 24.3 Å². The zero-order valence-corrected chi connectivity index (χ0v) is 18.5. The van der Waals surface area contributed by atoms with E-state index in [9.17, 15) is 18.4 Å². The van der Waals surface area contributed by atoms with Crippen molar-refractivity contribution in [3.63, 3.8) is 0 Å². The standard InChI is InChI=1S/C22H18Cl2F2O6/c1-3-29-21(27)17(19(23)31-15-9-5-13(25)6-10-15)18(22(28)30-4-2)20(24)32-16-11-7-14(26)8-12-16/h5-12H,3-4H2,1-2H3/b19-17+,20-18+. The summed E-state index contributed by atoms with van der Waals surface area (Å²) in [6, 6.07) is 9.45. The minimum Gasteiger partial charge on any atom is -0.462 e. The molecule has 0 unspecified atom stereocenters. The van der Waals surface area contributed by atoms with Crippen LogP contribution >= 0.6 is 23.2 Å². The highest BCUT2D eigenvalue weighted by Gasteiger charge is 2.32. The van der Waals surface area contributed by atoms with Gasteiger partial charge < -0.3 is 18.9 Å². The van der Waals surface area contributed by atoms with Gasteiger partial charge in [-0.2, -0.15) is 0 Å². The smallest absolute Gasteiger partial charge is 0.343 e. The molecule has 0 heterocycles. The van der Waals surface area contributed by atoms with Crippen LogP contribution in [0.2, 0.25) is 0 Å². The van der Waals surface area contributed by atoms with Crippen molar-refractivity contribution in [3.05, 3.63) is 81.7 Å². The summed E-state index contributed by atoms with van der Waals surface area (Å²) in [4.78, 5) is 25.3. The largest absolute Gasteiger partial charge is 0.462 e. The molecular formula is C22H18Cl2F2O6. The van der Waals surface area contributed by atoms with Gasteiger partial charge in [0.1, 0.15) is 34.3 Å². The molecule has 2 rings (SSSR count). The van der Waals surface area contributed by atoms with E-state index in [0.29, 0.717) is 0 Å². The summed E-state index contributed by atoms with van der Waals surface area (Å²) in [5.74, 6) is -3.02. The van der Waals surface area contributed by atoms with Crippen LogP contribution in [0.1, 0.15) is 13.8 Å². The molecule has 0 radical (unpaired) electrons. The van der Waals surface area contributed by atoms with Gasteiger partial charge in [-0.15, -0.1) is 0 Å². The van der Waals surface area contributed by atoms with E-state index >= 15 is 0 Å². The third kappa shape index (κ3) is 6.96. The number of halogens is 4. The second-order valence-electron chi connectivity index (χ2n) is 5.85. The van der Waals surface area contributed by atoms with Gasteiger partial charge in [0.25, 0.3) is 0 Å². The molecule has 0 bridgehead atoms. The molecule has 0 N–H and O–H groups in total. The van der Waals surface area contributed by atoms with Gasteiger partial charge in [0.15, 0.2) is 0 Å². The van der Waals surface area contributed by atoms with Crippen LogP contribution in [0.3, 0.4) is 0 Å². The first-order chi connectivity index (χ1) is 15.3. The number of benzene rings is 2. The van der Waals surface area contributed by atoms with Crippen LogP contribution < -0.4 is 9.47 Å². The Kier molecular flexibility index (Phi) is 9.49. The van der Waals surface area contributed by atoms with Gasteiger partial charge in [-0.25, -0.2) is 18.4 Å². The van der Waals surface area contributed by atoms with Gasteiger partial charge in [-0.3, -0.25) is 0 Å². The molecule has 0 amide bonds. The molecule has 0 aromatic heterocycles. The minimum absolute atomic E-state index is 0.0599. The van der Waals surface area contributed by atoms with E-state index in [4.69, 9.17) is 42.1 Å². The van der Waals surface area contributed by atoms with E-state index in [-0.39, 0.29) is 24.7 Å². The van der Waals surface area contributed by atoms with E-state index in [1.807, 2.05) is 0 Å². The molecule has 2 aromatic rings. The Hall–Kier alpha value is -3.10. The Morgan fingerprint density at radius 3 is 1.28 bits per heavy atom. The summed E-state index contributed by atoms with van der Waals surface area (Å²) in [5.41, 5.74) is -1.16. The van der Waals surface area contributed by atoms with Crippen LogP contribution in [0, 0.1) is 11.6 Å². The molecule has 0 saturated carbocycles. The third-order valence-electron chi connectivity index (χ3n) is 3.64. The van der Waals surface area contributed by atoms with Crippen molar-refractivity contribution < 1.29 is 37.3 Å². The third-order valence-corrected chi connectivity index (χ3v) is 4.18. The molecule has 0 aliphatic rings. The fourth-order valence-corrected chi connectivity index (χ4v) is 2.80. The predicted octanol–water partition coefficient (Wildman–Crippen LogP) is 5.45. The molecule has 10 heteroatoms. The molecule has 0 spiro atoms. The Morgan fingerprint density at radius 2 is 1.00 bits per heavy atom. The highest BCUT2D eigenvalue weighted by atomic mass is 35.5. The topological polar surface area (TPSA) is 71.1 Å². The lowest BCUT2D eigenvalue weighted by Crippen LogP contribution is -2.21. The monoisotopic (exact) mass is 486 g/mol. The predicted molar refractivity (Wildman–Crippen MR) is 113 cm³/mol. The van der Waals surface area contributed by atoms with Gasteiger partial charge in [-0.05, 0) is 85.6 Å². The van der Waals surface area contributed by atoms with Crippen LogP contribution in [0.4, 0.5) is 8.78 Å². The fourth-order valence-electron chi connectivity index (χ4n) is 2.28. The number of carbonyl (C=O) groups is 2. The first kappa shape index (κ1) is 25.2. The van der Waals surface area contributed by atoms with Crippen molar-refractivity contribution in [2.45, 2.75) is 13.8 Å². The fraction of sp³-hybridized carbons (Fsp3) is 0.182. The molecular weight excluding hydrogens is 469 g/mol. The lowest BCUT2D eigenvalue weighted by Gasteiger charge is -2.15. The summed E-state index contributed by atoms with van der Waals surface area (Å²) in [6.07, 6.45) is 0. The summed E-state index contributed by atoms with van der Waals surface area (Å²) < 4.78 is 47.1. The van der Waals surface area contributed by atoms with Gasteiger partial charge >= 0.3 is 11.9 Å². The molecule has 2 aromatic carbocycles. The quantitative estimate of drug-likeness (QED) is 0.203. The Balaban J connectivity index is 2.59. The van der Waals surface area contributed by atoms with Crippen LogP contribution in [-0.4, -0.2) is 25.2 Å². The number of rotatable bonds is 9. The SMILES string of the molecule is CCOC(=O)C(=C(\Cl)Oc1ccc(F)cc1)/C(C(=O)OCC)=C(/Cl)Oc1ccc(F)cc1. The van der Waals surface area contributed by atoms with Gasteiger partial charge in [0.05, 0.1) is 13.2 Å². The van der Waals surface area contributed by atoms with Crippen LogP contribution in [0.5, 0.6) is 11.5 Å². The first-order valence-corrected chi connectivity index (χ1v) is 10.0. The number of hydrogen-bond donors (Lipinski definition) is 0. The second-order valence-corrected chi connectivity index (χ2v) is 6.54. The number of carbonyl (C=O) groups excluding carboxylic acids is 2. The van der Waals surface area contributed by atoms with Crippen molar-refractivity contribution in [2.24, 2.45) is 0 Å². The number of ether oxygens (including phenoxy) is 4. The van der Waals surface area contributed by atoms with Crippen molar-refractivity contribution in [1.29, 1.82) is 0 Å². The van der Waals surface area contributed by atoms with E-state index in [2.05, 4.69) is 0 Å². The summed E-state index contributed by atoms with van der Waals surface area (Å²) in [5, 5.41) is -1.20. The molecule has 170 valence electrons. The van der Waals surface area contributed by atoms with Crippen LogP contribution in [-0.2, 0) is 19.1 Å². The summed E-state index contributed by atoms with van der Waals surface area (Å²) >= 11 is 12.4. The molecule has 0 aliphatic heterocycles. The Labute approximate surface area is 192 Å². The average Bonchev–Trinajstić information content (AvgIpc) is 2.75.